The Labute approximate surface area is 350 Å². The van der Waals surface area contributed by atoms with Gasteiger partial charge in [0.2, 0.25) is 5.95 Å². The molecule has 6 nitrogen and oxygen atoms in total. The molecule has 284 valence electrons. The first-order valence-electron chi connectivity index (χ1n) is 20.5. The van der Waals surface area contributed by atoms with Crippen molar-refractivity contribution in [3.8, 4) is 68.2 Å². The predicted molar refractivity (Wildman–Crippen MR) is 248 cm³/mol. The number of aromatic nitrogens is 5. The Bertz CT molecular complexity index is 3660. The summed E-state index contributed by atoms with van der Waals surface area (Å²) in [6.07, 6.45) is 0. The normalized spacial score (nSPS) is 12.1. The van der Waals surface area contributed by atoms with Gasteiger partial charge in [-0.25, -0.2) is 4.98 Å². The van der Waals surface area contributed by atoms with Crippen LogP contribution in [0.5, 0.6) is 11.5 Å². The number of benzene rings is 9. The largest absolute Gasteiger partial charge is 0.456 e. The van der Waals surface area contributed by atoms with Crippen LogP contribution in [0.2, 0.25) is 0 Å². The molecule has 0 radical (unpaired) electrons. The minimum Gasteiger partial charge on any atom is -0.456 e. The zero-order chi connectivity index (χ0) is 40.0. The van der Waals surface area contributed by atoms with Gasteiger partial charge in [0.15, 0.2) is 11.6 Å². The van der Waals surface area contributed by atoms with Crippen LogP contribution in [0.3, 0.4) is 0 Å². The molecule has 1 aliphatic heterocycles. The lowest BCUT2D eigenvalue weighted by atomic mass is 9.92. The minimum atomic E-state index is 0.569. The molecule has 0 N–H and O–H groups in total. The fourth-order valence-electron chi connectivity index (χ4n) is 9.45. The molecule has 0 aliphatic carbocycles. The fraction of sp³-hybridized carbons (Fsp3) is 0. The molecule has 0 unspecified atom stereocenters. The van der Waals surface area contributed by atoms with E-state index in [1.54, 1.807) is 0 Å². The summed E-state index contributed by atoms with van der Waals surface area (Å²) in [5, 5.41) is 6.99. The minimum absolute atomic E-state index is 0.569. The average Bonchev–Trinajstić information content (AvgIpc) is 3.84. The van der Waals surface area contributed by atoms with Crippen LogP contribution in [-0.2, 0) is 0 Å². The van der Waals surface area contributed by atoms with Crippen LogP contribution in [0.4, 0.5) is 0 Å². The first-order valence-corrected chi connectivity index (χ1v) is 20.5. The van der Waals surface area contributed by atoms with Crippen molar-refractivity contribution in [1.29, 1.82) is 0 Å². The lowest BCUT2D eigenvalue weighted by Crippen LogP contribution is -2.06. The van der Waals surface area contributed by atoms with Crippen LogP contribution >= 0.6 is 0 Å². The van der Waals surface area contributed by atoms with Crippen molar-refractivity contribution in [1.82, 2.24) is 24.1 Å². The first kappa shape index (κ1) is 33.6. The molecule has 1 aliphatic rings. The van der Waals surface area contributed by atoms with Gasteiger partial charge in [0.1, 0.15) is 11.5 Å². The molecule has 4 heterocycles. The first-order chi connectivity index (χ1) is 30.2. The molecule has 0 bridgehead atoms. The molecule has 61 heavy (non-hydrogen) atoms. The van der Waals surface area contributed by atoms with Gasteiger partial charge in [0.05, 0.1) is 22.1 Å². The van der Waals surface area contributed by atoms with Crippen molar-refractivity contribution in [3.05, 3.63) is 200 Å². The van der Waals surface area contributed by atoms with Crippen LogP contribution in [0.25, 0.3) is 111 Å². The van der Waals surface area contributed by atoms with Gasteiger partial charge in [0.25, 0.3) is 0 Å². The number of para-hydroxylation sites is 3. The van der Waals surface area contributed by atoms with Gasteiger partial charge >= 0.3 is 0 Å². The van der Waals surface area contributed by atoms with Gasteiger partial charge in [-0.05, 0) is 58.5 Å². The molecule has 6 heteroatoms. The van der Waals surface area contributed by atoms with Crippen LogP contribution in [0, 0.1) is 0 Å². The van der Waals surface area contributed by atoms with Crippen LogP contribution < -0.4 is 4.74 Å². The highest BCUT2D eigenvalue weighted by molar-refractivity contribution is 6.25. The van der Waals surface area contributed by atoms with Crippen LogP contribution in [-0.4, -0.2) is 24.1 Å². The second-order valence-electron chi connectivity index (χ2n) is 15.6. The predicted octanol–water partition coefficient (Wildman–Crippen LogP) is 14.0. The van der Waals surface area contributed by atoms with E-state index in [-0.39, 0.29) is 0 Å². The third kappa shape index (κ3) is 5.12. The van der Waals surface area contributed by atoms with Gasteiger partial charge in [-0.3, -0.25) is 4.57 Å². The number of fused-ring (bicyclic) bond motifs is 9. The lowest BCUT2D eigenvalue weighted by Gasteiger charge is -2.22. The van der Waals surface area contributed by atoms with Gasteiger partial charge in [-0.1, -0.05) is 158 Å². The third-order valence-corrected chi connectivity index (χ3v) is 12.2. The maximum absolute atomic E-state index is 6.69. The summed E-state index contributed by atoms with van der Waals surface area (Å²) in [5.74, 6) is 3.57. The van der Waals surface area contributed by atoms with Crippen molar-refractivity contribution in [2.24, 2.45) is 0 Å². The molecule has 0 saturated heterocycles. The summed E-state index contributed by atoms with van der Waals surface area (Å²) in [5.41, 5.74) is 11.7. The molecular formula is C55H33N5O. The molecule has 9 aromatic carbocycles. The molecule has 0 saturated carbocycles. The van der Waals surface area contributed by atoms with Crippen LogP contribution in [0.15, 0.2) is 200 Å². The highest BCUT2D eigenvalue weighted by Gasteiger charge is 2.25. The SMILES string of the molecule is c1ccc(-c2nc(-c3ccccc3)nc(-n3c4ccccc4c4ccc(-c5ccc6c7c8cccc9c8c(cc7n(-c7ccccc7)c6c5)Oc5ccccc5-9)cc43)n2)cc1. The lowest BCUT2D eigenvalue weighted by molar-refractivity contribution is 0.487. The molecule has 0 fully saturated rings. The Morgan fingerprint density at radius 1 is 0.328 bits per heavy atom. The Kier molecular flexibility index (Phi) is 7.21. The summed E-state index contributed by atoms with van der Waals surface area (Å²) in [7, 11) is 0. The molecule has 3 aromatic heterocycles. The smallest absolute Gasteiger partial charge is 0.238 e. The molecule has 0 spiro atoms. The number of nitrogens with zero attached hydrogens (tertiary/aromatic N) is 5. The van der Waals surface area contributed by atoms with Crippen molar-refractivity contribution in [2.75, 3.05) is 0 Å². The van der Waals surface area contributed by atoms with E-state index >= 15 is 0 Å². The maximum atomic E-state index is 6.69. The highest BCUT2D eigenvalue weighted by atomic mass is 16.5. The molecule has 0 amide bonds. The number of ether oxygens (including phenoxy) is 1. The number of rotatable bonds is 5. The monoisotopic (exact) mass is 779 g/mol. The molecule has 0 atom stereocenters. The van der Waals surface area contributed by atoms with E-state index in [0.29, 0.717) is 17.6 Å². The second-order valence-corrected chi connectivity index (χ2v) is 15.6. The van der Waals surface area contributed by atoms with Crippen molar-refractivity contribution in [3.63, 3.8) is 0 Å². The quantitative estimate of drug-likeness (QED) is 0.175. The van der Waals surface area contributed by atoms with E-state index in [9.17, 15) is 0 Å². The van der Waals surface area contributed by atoms with E-state index in [1.165, 1.54) is 21.7 Å². The van der Waals surface area contributed by atoms with E-state index < -0.39 is 0 Å². The average molecular weight is 780 g/mol. The van der Waals surface area contributed by atoms with E-state index in [0.717, 1.165) is 83.2 Å². The van der Waals surface area contributed by atoms with E-state index in [4.69, 9.17) is 19.7 Å². The Hall–Kier alpha value is -8.35. The van der Waals surface area contributed by atoms with Crippen molar-refractivity contribution < 1.29 is 4.74 Å². The Balaban J connectivity index is 1.05. The summed E-state index contributed by atoms with van der Waals surface area (Å²) < 4.78 is 11.3. The van der Waals surface area contributed by atoms with Gasteiger partial charge in [-0.15, -0.1) is 0 Å². The number of hydrogen-bond acceptors (Lipinski definition) is 4. The molecule has 13 rings (SSSR count). The molecule has 12 aromatic rings. The summed E-state index contributed by atoms with van der Waals surface area (Å²) in [4.78, 5) is 15.3. The van der Waals surface area contributed by atoms with Gasteiger partial charge in [-0.2, -0.15) is 9.97 Å². The van der Waals surface area contributed by atoms with Crippen molar-refractivity contribution >= 4 is 54.4 Å². The second kappa shape index (κ2) is 13.1. The third-order valence-electron chi connectivity index (χ3n) is 12.2. The molecular weight excluding hydrogens is 747 g/mol. The summed E-state index contributed by atoms with van der Waals surface area (Å²) in [6, 6.07) is 70.3. The highest BCUT2D eigenvalue weighted by Crippen LogP contribution is 2.50. The van der Waals surface area contributed by atoms with Gasteiger partial charge in [0, 0.05) is 55.4 Å². The van der Waals surface area contributed by atoms with Gasteiger partial charge < -0.3 is 9.30 Å². The summed E-state index contributed by atoms with van der Waals surface area (Å²) in [6.45, 7) is 0. The zero-order valence-electron chi connectivity index (χ0n) is 32.7. The van der Waals surface area contributed by atoms with E-state index in [2.05, 4.69) is 143 Å². The topological polar surface area (TPSA) is 57.8 Å². The standard InChI is InChI=1S/C55H33N5O/c1-4-15-34(16-5-1)53-56-54(35-17-6-2-7-18-35)58-55(57-53)60-45-25-12-10-21-39(45)40-29-27-36(31-46(40)60)37-28-30-43-47(32-37)59(38-19-8-3-9-20-38)48-33-50-52-42(23-14-24-44(52)51(43)48)41-22-11-13-26-49(41)61-50/h1-33H. The summed E-state index contributed by atoms with van der Waals surface area (Å²) >= 11 is 0. The maximum Gasteiger partial charge on any atom is 0.238 e. The van der Waals surface area contributed by atoms with Crippen LogP contribution in [0.1, 0.15) is 0 Å². The Morgan fingerprint density at radius 3 is 1.64 bits per heavy atom. The number of hydrogen-bond donors (Lipinski definition) is 0. The Morgan fingerprint density at radius 2 is 0.902 bits per heavy atom. The zero-order valence-corrected chi connectivity index (χ0v) is 32.7. The van der Waals surface area contributed by atoms with Crippen molar-refractivity contribution in [2.45, 2.75) is 0 Å². The fourth-order valence-corrected chi connectivity index (χ4v) is 9.45. The van der Waals surface area contributed by atoms with E-state index in [1.807, 2.05) is 66.7 Å².